The molecule has 23 heavy (non-hydrogen) atoms. The fourth-order valence-corrected chi connectivity index (χ4v) is 3.13. The second-order valence-electron chi connectivity index (χ2n) is 6.48. The van der Waals surface area contributed by atoms with E-state index in [1.165, 1.54) is 5.69 Å². The third kappa shape index (κ3) is 3.74. The summed E-state index contributed by atoms with van der Waals surface area (Å²) < 4.78 is 1.83. The number of aryl methyl sites for hydroxylation is 1. The van der Waals surface area contributed by atoms with Gasteiger partial charge in [-0.05, 0) is 56.7 Å². The Labute approximate surface area is 137 Å². The summed E-state index contributed by atoms with van der Waals surface area (Å²) in [5.41, 5.74) is 1.33. The molecule has 1 aliphatic rings. The molecule has 3 rings (SSSR count). The number of pyridine rings is 1. The van der Waals surface area contributed by atoms with Gasteiger partial charge in [0.1, 0.15) is 0 Å². The number of aromatic nitrogens is 1. The lowest BCUT2D eigenvalue weighted by molar-refractivity contribution is 0.385. The van der Waals surface area contributed by atoms with Gasteiger partial charge in [-0.3, -0.25) is 4.79 Å². The molecule has 0 spiro atoms. The number of piperazine rings is 1. The molecule has 0 saturated carbocycles. The van der Waals surface area contributed by atoms with Gasteiger partial charge in [-0.2, -0.15) is 0 Å². The van der Waals surface area contributed by atoms with Gasteiger partial charge in [0.05, 0.1) is 0 Å². The van der Waals surface area contributed by atoms with Gasteiger partial charge >= 0.3 is 0 Å². The average molecular weight is 314 g/mol. The number of fused-ring (bicyclic) bond motifs is 1. The fraction of sp³-hybridized carbons (Fsp3) is 0.500. The van der Waals surface area contributed by atoms with Crippen molar-refractivity contribution in [3.05, 3.63) is 40.8 Å². The fourth-order valence-electron chi connectivity index (χ4n) is 3.13. The summed E-state index contributed by atoms with van der Waals surface area (Å²) in [5, 5.41) is 5.22. The normalized spacial score (nSPS) is 15.5. The van der Waals surface area contributed by atoms with Gasteiger partial charge in [0.2, 0.25) is 0 Å². The molecule has 0 atom stereocenters. The standard InChI is InChI=1S/C18H26N4O/c1-20(2)9-3-10-22-11-6-15-14-16(4-5-17(15)18(22)23)21-12-7-19-8-13-21/h4-6,11,14,19H,3,7-10,12-13H2,1-2H3. The van der Waals surface area contributed by atoms with E-state index in [0.717, 1.165) is 56.5 Å². The molecule has 0 radical (unpaired) electrons. The largest absolute Gasteiger partial charge is 0.369 e. The van der Waals surface area contributed by atoms with E-state index in [1.54, 1.807) is 0 Å². The molecule has 1 fully saturated rings. The van der Waals surface area contributed by atoms with Crippen molar-refractivity contribution < 1.29 is 0 Å². The van der Waals surface area contributed by atoms with Crippen LogP contribution in [0.2, 0.25) is 0 Å². The lowest BCUT2D eigenvalue weighted by atomic mass is 10.1. The van der Waals surface area contributed by atoms with Gasteiger partial charge in [-0.25, -0.2) is 0 Å². The van der Waals surface area contributed by atoms with Crippen LogP contribution in [0.5, 0.6) is 0 Å². The van der Waals surface area contributed by atoms with E-state index in [-0.39, 0.29) is 5.56 Å². The van der Waals surface area contributed by atoms with Gasteiger partial charge in [0, 0.05) is 50.0 Å². The van der Waals surface area contributed by atoms with Gasteiger partial charge in [0.25, 0.3) is 5.56 Å². The predicted molar refractivity (Wildman–Crippen MR) is 96.5 cm³/mol. The van der Waals surface area contributed by atoms with Crippen LogP contribution in [0.4, 0.5) is 5.69 Å². The first-order valence-corrected chi connectivity index (χ1v) is 8.39. The molecule has 2 heterocycles. The zero-order valence-corrected chi connectivity index (χ0v) is 14.1. The molecule has 5 nitrogen and oxygen atoms in total. The zero-order chi connectivity index (χ0) is 16.2. The van der Waals surface area contributed by atoms with Crippen LogP contribution in [0.1, 0.15) is 6.42 Å². The van der Waals surface area contributed by atoms with E-state index >= 15 is 0 Å². The van der Waals surface area contributed by atoms with E-state index in [4.69, 9.17) is 0 Å². The topological polar surface area (TPSA) is 40.5 Å². The number of anilines is 1. The second kappa shape index (κ2) is 7.15. The SMILES string of the molecule is CN(C)CCCn1ccc2cc(N3CCNCC3)ccc2c1=O. The molecule has 0 aliphatic carbocycles. The Morgan fingerprint density at radius 2 is 1.96 bits per heavy atom. The first kappa shape index (κ1) is 16.0. The van der Waals surface area contributed by atoms with Gasteiger partial charge in [-0.15, -0.1) is 0 Å². The Morgan fingerprint density at radius 1 is 1.17 bits per heavy atom. The van der Waals surface area contributed by atoms with Crippen LogP contribution in [-0.4, -0.2) is 56.3 Å². The molecule has 1 aromatic carbocycles. The minimum Gasteiger partial charge on any atom is -0.369 e. The predicted octanol–water partition coefficient (Wildman–Crippen LogP) is 1.36. The van der Waals surface area contributed by atoms with Crippen LogP contribution in [-0.2, 0) is 6.54 Å². The molecule has 1 N–H and O–H groups in total. The zero-order valence-electron chi connectivity index (χ0n) is 14.1. The molecule has 1 aliphatic heterocycles. The van der Waals surface area contributed by atoms with Gasteiger partial charge < -0.3 is 19.7 Å². The maximum absolute atomic E-state index is 12.6. The number of nitrogens with one attached hydrogen (secondary N) is 1. The summed E-state index contributed by atoms with van der Waals surface area (Å²) in [6, 6.07) is 8.28. The Hall–Kier alpha value is -1.85. The van der Waals surface area contributed by atoms with Crippen LogP contribution in [0.15, 0.2) is 35.3 Å². The molecule has 2 aromatic rings. The van der Waals surface area contributed by atoms with Crippen molar-refractivity contribution in [3.8, 4) is 0 Å². The van der Waals surface area contributed by atoms with Gasteiger partial charge in [0.15, 0.2) is 0 Å². The molecule has 0 bridgehead atoms. The third-order valence-corrected chi connectivity index (χ3v) is 4.45. The molecular formula is C18H26N4O. The third-order valence-electron chi connectivity index (χ3n) is 4.45. The van der Waals surface area contributed by atoms with Crippen LogP contribution >= 0.6 is 0 Å². The van der Waals surface area contributed by atoms with E-state index < -0.39 is 0 Å². The molecule has 124 valence electrons. The number of benzene rings is 1. The summed E-state index contributed by atoms with van der Waals surface area (Å²) >= 11 is 0. The molecule has 0 amide bonds. The van der Waals surface area contributed by atoms with Crippen molar-refractivity contribution >= 4 is 16.5 Å². The Kier molecular flexibility index (Phi) is 4.98. The lowest BCUT2D eigenvalue weighted by Gasteiger charge is -2.29. The summed E-state index contributed by atoms with van der Waals surface area (Å²) in [6.45, 7) is 5.84. The summed E-state index contributed by atoms with van der Waals surface area (Å²) in [7, 11) is 4.11. The first-order valence-electron chi connectivity index (χ1n) is 8.39. The highest BCUT2D eigenvalue weighted by Gasteiger charge is 2.11. The molecule has 5 heteroatoms. The average Bonchev–Trinajstić information content (AvgIpc) is 2.57. The summed E-state index contributed by atoms with van der Waals surface area (Å²) in [5.74, 6) is 0. The van der Waals surface area contributed by atoms with Crippen LogP contribution in [0, 0.1) is 0 Å². The highest BCUT2D eigenvalue weighted by atomic mass is 16.1. The van der Waals surface area contributed by atoms with Gasteiger partial charge in [-0.1, -0.05) is 0 Å². The van der Waals surface area contributed by atoms with Crippen LogP contribution in [0.3, 0.4) is 0 Å². The van der Waals surface area contributed by atoms with Crippen molar-refractivity contribution in [3.63, 3.8) is 0 Å². The van der Waals surface area contributed by atoms with Crippen molar-refractivity contribution in [1.82, 2.24) is 14.8 Å². The highest BCUT2D eigenvalue weighted by Crippen LogP contribution is 2.20. The number of rotatable bonds is 5. The number of hydrogen-bond acceptors (Lipinski definition) is 4. The summed E-state index contributed by atoms with van der Waals surface area (Å²) in [6.07, 6.45) is 2.92. The van der Waals surface area contributed by atoms with E-state index in [9.17, 15) is 4.79 Å². The monoisotopic (exact) mass is 314 g/mol. The van der Waals surface area contributed by atoms with E-state index in [2.05, 4.69) is 47.4 Å². The molecule has 0 unspecified atom stereocenters. The lowest BCUT2D eigenvalue weighted by Crippen LogP contribution is -2.43. The van der Waals surface area contributed by atoms with E-state index in [1.807, 2.05) is 16.8 Å². The Bertz CT molecular complexity index is 717. The van der Waals surface area contributed by atoms with Crippen LogP contribution in [0.25, 0.3) is 10.8 Å². The van der Waals surface area contributed by atoms with Crippen molar-refractivity contribution in [1.29, 1.82) is 0 Å². The minimum absolute atomic E-state index is 0.119. The minimum atomic E-state index is 0.119. The molecular weight excluding hydrogens is 288 g/mol. The van der Waals surface area contributed by atoms with Crippen LogP contribution < -0.4 is 15.8 Å². The maximum atomic E-state index is 12.6. The molecule has 1 aromatic heterocycles. The maximum Gasteiger partial charge on any atom is 0.258 e. The van der Waals surface area contributed by atoms with Crippen molar-refractivity contribution in [2.75, 3.05) is 51.7 Å². The Balaban J connectivity index is 1.82. The van der Waals surface area contributed by atoms with Crippen molar-refractivity contribution in [2.24, 2.45) is 0 Å². The molecule has 1 saturated heterocycles. The van der Waals surface area contributed by atoms with E-state index in [0.29, 0.717) is 0 Å². The summed E-state index contributed by atoms with van der Waals surface area (Å²) in [4.78, 5) is 17.1. The number of hydrogen-bond donors (Lipinski definition) is 1. The van der Waals surface area contributed by atoms with Crippen molar-refractivity contribution in [2.45, 2.75) is 13.0 Å². The number of nitrogens with zero attached hydrogens (tertiary/aromatic N) is 3. The Morgan fingerprint density at radius 3 is 2.70 bits per heavy atom. The second-order valence-corrected chi connectivity index (χ2v) is 6.48. The quantitative estimate of drug-likeness (QED) is 0.905. The smallest absolute Gasteiger partial charge is 0.258 e. The highest BCUT2D eigenvalue weighted by molar-refractivity contribution is 5.85. The first-order chi connectivity index (χ1) is 11.1.